The fraction of sp³-hybridized carbons (Fsp3) is 0.0698. The number of anilines is 3. The normalized spacial score (nSPS) is 11.0. The Kier molecular flexibility index (Phi) is 10.7. The second kappa shape index (κ2) is 16.0. The summed E-state index contributed by atoms with van der Waals surface area (Å²) in [5, 5.41) is 0. The standard InChI is InChI=1S/C43H35NO6/c1-31(45)48-30-49-43(46)50-41-27-21-36(22-28-41)42(35-19-25-40(47-2)26-20-35)29-32-13-15-33(16-14-32)34-17-23-39(24-18-34)44(37-9-5-3-6-10-37)38-11-7-4-8-12-38/h3-29H,30H2,1-2H3. The first-order valence-electron chi connectivity index (χ1n) is 16.0. The van der Waals surface area contributed by atoms with Gasteiger partial charge in [0.25, 0.3) is 0 Å². The van der Waals surface area contributed by atoms with Crippen LogP contribution >= 0.6 is 0 Å². The zero-order valence-corrected chi connectivity index (χ0v) is 27.7. The number of rotatable bonds is 11. The van der Waals surface area contributed by atoms with Crippen molar-refractivity contribution in [1.82, 2.24) is 0 Å². The van der Waals surface area contributed by atoms with Crippen molar-refractivity contribution >= 4 is 40.8 Å². The van der Waals surface area contributed by atoms with Crippen LogP contribution in [0.1, 0.15) is 23.6 Å². The Balaban J connectivity index is 1.23. The summed E-state index contributed by atoms with van der Waals surface area (Å²) >= 11 is 0. The first kappa shape index (κ1) is 33.3. The van der Waals surface area contributed by atoms with Crippen LogP contribution in [0.15, 0.2) is 158 Å². The lowest BCUT2D eigenvalue weighted by Gasteiger charge is -2.25. The highest BCUT2D eigenvalue weighted by atomic mass is 16.8. The maximum absolute atomic E-state index is 12.0. The minimum atomic E-state index is -0.968. The molecule has 0 heterocycles. The van der Waals surface area contributed by atoms with Gasteiger partial charge >= 0.3 is 12.1 Å². The molecular weight excluding hydrogens is 626 g/mol. The molecule has 0 bridgehead atoms. The van der Waals surface area contributed by atoms with Gasteiger partial charge < -0.3 is 23.8 Å². The summed E-state index contributed by atoms with van der Waals surface area (Å²) < 4.78 is 20.0. The molecule has 0 spiro atoms. The molecule has 6 rings (SSSR count). The quantitative estimate of drug-likeness (QED) is 0.0592. The molecule has 50 heavy (non-hydrogen) atoms. The number of benzene rings is 6. The number of esters is 1. The SMILES string of the molecule is COc1ccc(C(=Cc2ccc(-c3ccc(N(c4ccccc4)c4ccccc4)cc3)cc2)c2ccc(OC(=O)OCOC(C)=O)cc2)cc1. The minimum Gasteiger partial charge on any atom is -0.497 e. The summed E-state index contributed by atoms with van der Waals surface area (Å²) in [4.78, 5) is 25.1. The van der Waals surface area contributed by atoms with Crippen LogP contribution in [0.5, 0.6) is 11.5 Å². The molecule has 0 saturated carbocycles. The molecule has 0 radical (unpaired) electrons. The zero-order valence-electron chi connectivity index (χ0n) is 27.7. The highest BCUT2D eigenvalue weighted by Gasteiger charge is 2.13. The average molecular weight is 662 g/mol. The van der Waals surface area contributed by atoms with E-state index in [0.29, 0.717) is 5.75 Å². The second-order valence-electron chi connectivity index (χ2n) is 11.2. The van der Waals surface area contributed by atoms with Crippen molar-refractivity contribution in [3.05, 3.63) is 174 Å². The van der Waals surface area contributed by atoms with Crippen molar-refractivity contribution in [2.45, 2.75) is 6.92 Å². The Hall–Kier alpha value is -6.60. The summed E-state index contributed by atoms with van der Waals surface area (Å²) in [6.45, 7) is 0.711. The fourth-order valence-electron chi connectivity index (χ4n) is 5.44. The van der Waals surface area contributed by atoms with Crippen LogP contribution < -0.4 is 14.4 Å². The monoisotopic (exact) mass is 661 g/mol. The van der Waals surface area contributed by atoms with Gasteiger partial charge in [-0.05, 0) is 100 Å². The number of hydrogen-bond acceptors (Lipinski definition) is 7. The molecule has 0 unspecified atom stereocenters. The van der Waals surface area contributed by atoms with Gasteiger partial charge in [0.2, 0.25) is 6.79 Å². The van der Waals surface area contributed by atoms with Gasteiger partial charge in [0.1, 0.15) is 11.5 Å². The van der Waals surface area contributed by atoms with Crippen LogP contribution in [-0.2, 0) is 14.3 Å². The van der Waals surface area contributed by atoms with Gasteiger partial charge in [-0.15, -0.1) is 0 Å². The zero-order chi connectivity index (χ0) is 34.7. The van der Waals surface area contributed by atoms with E-state index in [1.54, 1.807) is 19.2 Å². The van der Waals surface area contributed by atoms with Gasteiger partial charge in [-0.25, -0.2) is 4.79 Å². The van der Waals surface area contributed by atoms with Gasteiger partial charge in [-0.2, -0.15) is 0 Å². The molecular formula is C43H35NO6. The van der Waals surface area contributed by atoms with Crippen molar-refractivity contribution in [3.8, 4) is 22.6 Å². The van der Waals surface area contributed by atoms with E-state index in [1.165, 1.54) is 6.92 Å². The average Bonchev–Trinajstić information content (AvgIpc) is 3.16. The maximum atomic E-state index is 12.0. The third-order valence-corrected chi connectivity index (χ3v) is 7.92. The predicted molar refractivity (Wildman–Crippen MR) is 197 cm³/mol. The van der Waals surface area contributed by atoms with E-state index in [0.717, 1.165) is 56.2 Å². The van der Waals surface area contributed by atoms with Crippen LogP contribution in [0, 0.1) is 0 Å². The van der Waals surface area contributed by atoms with Crippen LogP contribution in [0.4, 0.5) is 21.9 Å². The lowest BCUT2D eigenvalue weighted by Crippen LogP contribution is -2.14. The molecule has 248 valence electrons. The largest absolute Gasteiger partial charge is 0.516 e. The second-order valence-corrected chi connectivity index (χ2v) is 11.2. The fourth-order valence-corrected chi connectivity index (χ4v) is 5.44. The number of carbonyl (C=O) groups is 2. The molecule has 0 N–H and O–H groups in total. The number of nitrogens with zero attached hydrogens (tertiary/aromatic N) is 1. The van der Waals surface area contributed by atoms with Gasteiger partial charge in [-0.1, -0.05) is 97.1 Å². The lowest BCUT2D eigenvalue weighted by atomic mass is 9.95. The molecule has 0 aliphatic carbocycles. The summed E-state index contributed by atoms with van der Waals surface area (Å²) in [6, 6.07) is 52.7. The molecule has 6 aromatic rings. The molecule has 6 aromatic carbocycles. The van der Waals surface area contributed by atoms with E-state index in [9.17, 15) is 9.59 Å². The highest BCUT2D eigenvalue weighted by Crippen LogP contribution is 2.36. The summed E-state index contributed by atoms with van der Waals surface area (Å²) in [7, 11) is 1.64. The molecule has 0 fully saturated rings. The van der Waals surface area contributed by atoms with Crippen LogP contribution in [0.3, 0.4) is 0 Å². The van der Waals surface area contributed by atoms with Crippen molar-refractivity contribution in [1.29, 1.82) is 0 Å². The molecule has 0 aliphatic rings. The molecule has 0 saturated heterocycles. The Morgan fingerprint density at radius 2 is 1.04 bits per heavy atom. The predicted octanol–water partition coefficient (Wildman–Crippen LogP) is 10.5. The minimum absolute atomic E-state index is 0.293. The van der Waals surface area contributed by atoms with Crippen LogP contribution in [0.2, 0.25) is 0 Å². The third-order valence-electron chi connectivity index (χ3n) is 7.92. The van der Waals surface area contributed by atoms with Crippen molar-refractivity contribution < 1.29 is 28.5 Å². The first-order chi connectivity index (χ1) is 24.5. The number of hydrogen-bond donors (Lipinski definition) is 0. The van der Waals surface area contributed by atoms with Gasteiger partial charge in [0.15, 0.2) is 0 Å². The number of ether oxygens (including phenoxy) is 4. The highest BCUT2D eigenvalue weighted by molar-refractivity contribution is 5.92. The van der Waals surface area contributed by atoms with Crippen LogP contribution in [-0.4, -0.2) is 26.0 Å². The Bertz CT molecular complexity index is 2000. The maximum Gasteiger partial charge on any atom is 0.516 e. The molecule has 0 aliphatic heterocycles. The topological polar surface area (TPSA) is 74.3 Å². The number of carbonyl (C=O) groups excluding carboxylic acids is 2. The summed E-state index contributed by atoms with van der Waals surface area (Å²) in [5.74, 6) is 0.496. The van der Waals surface area contributed by atoms with E-state index < -0.39 is 18.9 Å². The van der Waals surface area contributed by atoms with Gasteiger partial charge in [-0.3, -0.25) is 4.79 Å². The molecule has 0 atom stereocenters. The molecule has 0 aromatic heterocycles. The van der Waals surface area contributed by atoms with Gasteiger partial charge in [0, 0.05) is 24.0 Å². The van der Waals surface area contributed by atoms with Crippen molar-refractivity contribution in [2.75, 3.05) is 18.8 Å². The number of para-hydroxylation sites is 2. The number of methoxy groups -OCH3 is 1. The first-order valence-corrected chi connectivity index (χ1v) is 16.0. The summed E-state index contributed by atoms with van der Waals surface area (Å²) in [5.41, 5.74) is 9.37. The molecule has 0 amide bonds. The van der Waals surface area contributed by atoms with E-state index >= 15 is 0 Å². The van der Waals surface area contributed by atoms with E-state index in [1.807, 2.05) is 48.5 Å². The Morgan fingerprint density at radius 3 is 1.54 bits per heavy atom. The van der Waals surface area contributed by atoms with E-state index in [-0.39, 0.29) is 0 Å². The van der Waals surface area contributed by atoms with E-state index in [2.05, 4.69) is 113 Å². The molecule has 7 heteroatoms. The Morgan fingerprint density at radius 1 is 0.560 bits per heavy atom. The van der Waals surface area contributed by atoms with Crippen molar-refractivity contribution in [3.63, 3.8) is 0 Å². The third kappa shape index (κ3) is 8.45. The van der Waals surface area contributed by atoms with Gasteiger partial charge in [0.05, 0.1) is 7.11 Å². The van der Waals surface area contributed by atoms with Crippen molar-refractivity contribution in [2.24, 2.45) is 0 Å². The lowest BCUT2D eigenvalue weighted by molar-refractivity contribution is -0.149. The van der Waals surface area contributed by atoms with E-state index in [4.69, 9.17) is 14.2 Å². The molecule has 7 nitrogen and oxygen atoms in total. The van der Waals surface area contributed by atoms with Crippen LogP contribution in [0.25, 0.3) is 22.8 Å². The smallest absolute Gasteiger partial charge is 0.497 e. The summed E-state index contributed by atoms with van der Waals surface area (Å²) in [6.07, 6.45) is 1.15. The Labute approximate surface area is 291 Å².